The van der Waals surface area contributed by atoms with Crippen molar-refractivity contribution in [2.24, 2.45) is 0 Å². The van der Waals surface area contributed by atoms with Gasteiger partial charge in [0.25, 0.3) is 0 Å². The van der Waals surface area contributed by atoms with E-state index in [0.717, 1.165) is 0 Å². The number of benzene rings is 1. The third-order valence-corrected chi connectivity index (χ3v) is 7.35. The van der Waals surface area contributed by atoms with E-state index >= 15 is 0 Å². The first kappa shape index (κ1) is 26.6. The van der Waals surface area contributed by atoms with Crippen LogP contribution in [-0.2, 0) is 19.5 Å². The standard InChI is InChI=1S/C23H32N2O7S/c1-7-32-23(27)21-15(2)20(16(3)24-21)22(26)17(4)25(13-8-14-30-5)33(28,29)19-11-9-18(31-6)10-12-19/h9-12,17,24H,7-8,13-14H2,1-6H3/t17-/m0/s1. The number of sulfonamides is 1. The van der Waals surface area contributed by atoms with Crippen molar-refractivity contribution < 1.29 is 32.2 Å². The molecule has 1 atom stereocenters. The van der Waals surface area contributed by atoms with Crippen molar-refractivity contribution in [1.82, 2.24) is 9.29 Å². The second-order valence-electron chi connectivity index (χ2n) is 7.52. The van der Waals surface area contributed by atoms with Crippen molar-refractivity contribution in [2.45, 2.75) is 45.1 Å². The molecule has 1 N–H and O–H groups in total. The van der Waals surface area contributed by atoms with Gasteiger partial charge in [0, 0.05) is 31.5 Å². The maximum Gasteiger partial charge on any atom is 0.355 e. The Morgan fingerprint density at radius 3 is 2.30 bits per heavy atom. The van der Waals surface area contributed by atoms with Gasteiger partial charge in [0.2, 0.25) is 10.0 Å². The number of aryl methyl sites for hydroxylation is 1. The highest BCUT2D eigenvalue weighted by atomic mass is 32.2. The Balaban J connectivity index is 2.45. The zero-order valence-electron chi connectivity index (χ0n) is 19.9. The van der Waals surface area contributed by atoms with Crippen LogP contribution in [0.15, 0.2) is 29.2 Å². The molecule has 0 aliphatic carbocycles. The lowest BCUT2D eigenvalue weighted by atomic mass is 10.0. The Labute approximate surface area is 195 Å². The number of hydrogen-bond donors (Lipinski definition) is 1. The minimum atomic E-state index is -4.00. The van der Waals surface area contributed by atoms with Crippen LogP contribution in [0.5, 0.6) is 5.75 Å². The summed E-state index contributed by atoms with van der Waals surface area (Å²) in [5.74, 6) is -0.451. The first-order chi connectivity index (χ1) is 15.6. The van der Waals surface area contributed by atoms with Crippen molar-refractivity contribution >= 4 is 21.8 Å². The molecule has 0 aliphatic heterocycles. The van der Waals surface area contributed by atoms with Crippen LogP contribution in [0.3, 0.4) is 0 Å². The van der Waals surface area contributed by atoms with Crippen LogP contribution in [0.4, 0.5) is 0 Å². The molecule has 0 spiro atoms. The molecule has 0 saturated heterocycles. The second kappa shape index (κ2) is 11.4. The van der Waals surface area contributed by atoms with Crippen LogP contribution in [0, 0.1) is 13.8 Å². The molecule has 33 heavy (non-hydrogen) atoms. The predicted octanol–water partition coefficient (Wildman–Crippen LogP) is 3.12. The van der Waals surface area contributed by atoms with E-state index in [4.69, 9.17) is 14.2 Å². The van der Waals surface area contributed by atoms with E-state index in [0.29, 0.717) is 30.0 Å². The molecule has 0 unspecified atom stereocenters. The molecule has 9 nitrogen and oxygen atoms in total. The van der Waals surface area contributed by atoms with Crippen LogP contribution in [-0.4, -0.2) is 69.5 Å². The van der Waals surface area contributed by atoms with Gasteiger partial charge in [-0.25, -0.2) is 13.2 Å². The molecule has 1 aromatic carbocycles. The van der Waals surface area contributed by atoms with Gasteiger partial charge in [-0.15, -0.1) is 0 Å². The zero-order chi connectivity index (χ0) is 24.8. The molecule has 1 heterocycles. The number of aromatic amines is 1. The fourth-order valence-electron chi connectivity index (χ4n) is 3.64. The predicted molar refractivity (Wildman–Crippen MR) is 123 cm³/mol. The average Bonchev–Trinajstić information content (AvgIpc) is 3.09. The number of rotatable bonds is 12. The van der Waals surface area contributed by atoms with E-state index in [2.05, 4.69) is 4.98 Å². The van der Waals surface area contributed by atoms with E-state index in [-0.39, 0.29) is 29.3 Å². The quantitative estimate of drug-likeness (QED) is 0.282. The minimum absolute atomic E-state index is 0.0510. The SMILES string of the molecule is CCOC(=O)c1[nH]c(C)c(C(=O)[C@H](C)N(CCCOC)S(=O)(=O)c2ccc(OC)cc2)c1C. The number of aromatic nitrogens is 1. The summed E-state index contributed by atoms with van der Waals surface area (Å²) in [5, 5.41) is 0. The average molecular weight is 481 g/mol. The number of ether oxygens (including phenoxy) is 3. The van der Waals surface area contributed by atoms with Gasteiger partial charge in [-0.05, 0) is 63.9 Å². The Kier molecular flexibility index (Phi) is 9.21. The molecule has 0 radical (unpaired) electrons. The summed E-state index contributed by atoms with van der Waals surface area (Å²) in [4.78, 5) is 28.7. The fourth-order valence-corrected chi connectivity index (χ4v) is 5.27. The van der Waals surface area contributed by atoms with Gasteiger partial charge in [0.05, 0.1) is 24.7 Å². The first-order valence-corrected chi connectivity index (χ1v) is 12.1. The minimum Gasteiger partial charge on any atom is -0.497 e. The summed E-state index contributed by atoms with van der Waals surface area (Å²) in [5.41, 5.74) is 1.38. The molecule has 0 fully saturated rings. The summed E-state index contributed by atoms with van der Waals surface area (Å²) in [6.07, 6.45) is 0.405. The molecule has 10 heteroatoms. The summed E-state index contributed by atoms with van der Waals surface area (Å²) in [7, 11) is -0.981. The molecule has 0 saturated carbocycles. The highest BCUT2D eigenvalue weighted by molar-refractivity contribution is 7.89. The molecule has 0 bridgehead atoms. The van der Waals surface area contributed by atoms with E-state index in [1.54, 1.807) is 39.8 Å². The van der Waals surface area contributed by atoms with E-state index in [1.807, 2.05) is 0 Å². The van der Waals surface area contributed by atoms with Crippen LogP contribution in [0.25, 0.3) is 0 Å². The topological polar surface area (TPSA) is 115 Å². The Morgan fingerprint density at radius 1 is 1.12 bits per heavy atom. The monoisotopic (exact) mass is 480 g/mol. The maximum absolute atomic E-state index is 13.5. The van der Waals surface area contributed by atoms with Crippen LogP contribution >= 0.6 is 0 Å². The number of H-pyrrole nitrogens is 1. The lowest BCUT2D eigenvalue weighted by molar-refractivity contribution is 0.0519. The molecule has 182 valence electrons. The number of carbonyl (C=O) groups excluding carboxylic acids is 2. The second-order valence-corrected chi connectivity index (χ2v) is 9.41. The summed E-state index contributed by atoms with van der Waals surface area (Å²) < 4.78 is 43.4. The number of nitrogens with one attached hydrogen (secondary N) is 1. The van der Waals surface area contributed by atoms with Crippen molar-refractivity contribution in [3.63, 3.8) is 0 Å². The normalized spacial score (nSPS) is 12.6. The van der Waals surface area contributed by atoms with Gasteiger partial charge >= 0.3 is 5.97 Å². The number of carbonyl (C=O) groups is 2. The third-order valence-electron chi connectivity index (χ3n) is 5.37. The van der Waals surface area contributed by atoms with Crippen molar-refractivity contribution in [1.29, 1.82) is 0 Å². The Bertz CT molecular complexity index is 1070. The van der Waals surface area contributed by atoms with Crippen molar-refractivity contribution in [2.75, 3.05) is 34.0 Å². The number of hydrogen-bond acceptors (Lipinski definition) is 7. The molecule has 2 rings (SSSR count). The number of ketones is 1. The fraction of sp³-hybridized carbons (Fsp3) is 0.478. The van der Waals surface area contributed by atoms with Crippen LogP contribution in [0.1, 0.15) is 52.4 Å². The lowest BCUT2D eigenvalue weighted by Crippen LogP contribution is -2.44. The molecule has 1 aromatic heterocycles. The third kappa shape index (κ3) is 5.82. The molecule has 2 aromatic rings. The number of nitrogens with zero attached hydrogens (tertiary/aromatic N) is 1. The molecular weight excluding hydrogens is 448 g/mol. The van der Waals surface area contributed by atoms with Gasteiger partial charge < -0.3 is 19.2 Å². The zero-order valence-corrected chi connectivity index (χ0v) is 20.7. The summed E-state index contributed by atoms with van der Waals surface area (Å²) in [6, 6.07) is 4.98. The highest BCUT2D eigenvalue weighted by Gasteiger charge is 2.35. The van der Waals surface area contributed by atoms with E-state index < -0.39 is 27.8 Å². The molecule has 0 amide bonds. The Morgan fingerprint density at radius 2 is 1.76 bits per heavy atom. The van der Waals surface area contributed by atoms with Gasteiger partial charge in [0.1, 0.15) is 11.4 Å². The smallest absolute Gasteiger partial charge is 0.355 e. The molecule has 0 aliphatic rings. The summed E-state index contributed by atoms with van der Waals surface area (Å²) in [6.45, 7) is 7.17. The van der Waals surface area contributed by atoms with E-state index in [9.17, 15) is 18.0 Å². The van der Waals surface area contributed by atoms with Crippen molar-refractivity contribution in [3.05, 3.63) is 46.8 Å². The van der Waals surface area contributed by atoms with E-state index in [1.165, 1.54) is 30.7 Å². The Hall–Kier alpha value is -2.69. The lowest BCUT2D eigenvalue weighted by Gasteiger charge is -2.28. The van der Waals surface area contributed by atoms with Gasteiger partial charge in [-0.2, -0.15) is 4.31 Å². The molecular formula is C23H32N2O7S. The van der Waals surface area contributed by atoms with Crippen molar-refractivity contribution in [3.8, 4) is 5.75 Å². The first-order valence-electron chi connectivity index (χ1n) is 10.6. The largest absolute Gasteiger partial charge is 0.497 e. The van der Waals surface area contributed by atoms with Gasteiger partial charge in [-0.1, -0.05) is 0 Å². The number of methoxy groups -OCH3 is 2. The van der Waals surface area contributed by atoms with Crippen LogP contribution < -0.4 is 4.74 Å². The number of esters is 1. The number of Topliss-reactive ketones (excluding diaryl/α,β-unsaturated/α-hetero) is 1. The van der Waals surface area contributed by atoms with Gasteiger partial charge in [0.15, 0.2) is 5.78 Å². The summed E-state index contributed by atoms with van der Waals surface area (Å²) >= 11 is 0. The highest BCUT2D eigenvalue weighted by Crippen LogP contribution is 2.26. The maximum atomic E-state index is 13.5. The van der Waals surface area contributed by atoms with Gasteiger partial charge in [-0.3, -0.25) is 4.79 Å². The van der Waals surface area contributed by atoms with Crippen LogP contribution in [0.2, 0.25) is 0 Å².